The first-order valence-electron chi connectivity index (χ1n) is 7.96. The number of hydrogen-bond donors (Lipinski definition) is 2. The summed E-state index contributed by atoms with van der Waals surface area (Å²) in [5.41, 5.74) is 7.51. The topological polar surface area (TPSA) is 58.4 Å². The van der Waals surface area contributed by atoms with E-state index in [2.05, 4.69) is 19.2 Å². The van der Waals surface area contributed by atoms with Gasteiger partial charge in [-0.25, -0.2) is 4.79 Å². The molecular weight excluding hydrogens is 262 g/mol. The monoisotopic (exact) mass is 289 g/mol. The summed E-state index contributed by atoms with van der Waals surface area (Å²) in [7, 11) is 0. The molecule has 0 aromatic heterocycles. The van der Waals surface area contributed by atoms with Crippen molar-refractivity contribution in [3.63, 3.8) is 0 Å². The fourth-order valence-corrected chi connectivity index (χ4v) is 2.98. The van der Waals surface area contributed by atoms with E-state index >= 15 is 0 Å². The van der Waals surface area contributed by atoms with Gasteiger partial charge in [-0.05, 0) is 36.5 Å². The SMILES string of the molecule is CC(C)CN(C(=O)Nc1cccc(CN)c1)C1CCCC1. The molecule has 2 rings (SSSR count). The van der Waals surface area contributed by atoms with Crippen LogP contribution in [0.5, 0.6) is 0 Å². The molecule has 0 bridgehead atoms. The highest BCUT2D eigenvalue weighted by Gasteiger charge is 2.27. The molecule has 0 saturated heterocycles. The maximum Gasteiger partial charge on any atom is 0.322 e. The van der Waals surface area contributed by atoms with Gasteiger partial charge in [0.1, 0.15) is 0 Å². The number of nitrogens with zero attached hydrogens (tertiary/aromatic N) is 1. The van der Waals surface area contributed by atoms with Crippen LogP contribution in [0.3, 0.4) is 0 Å². The quantitative estimate of drug-likeness (QED) is 0.870. The lowest BCUT2D eigenvalue weighted by atomic mass is 10.1. The third-order valence-corrected chi connectivity index (χ3v) is 4.00. The summed E-state index contributed by atoms with van der Waals surface area (Å²) in [6, 6.07) is 8.17. The third-order valence-electron chi connectivity index (χ3n) is 4.00. The lowest BCUT2D eigenvalue weighted by Crippen LogP contribution is -2.43. The van der Waals surface area contributed by atoms with Crippen molar-refractivity contribution in [3.8, 4) is 0 Å². The van der Waals surface area contributed by atoms with Gasteiger partial charge in [-0.1, -0.05) is 38.8 Å². The van der Waals surface area contributed by atoms with Gasteiger partial charge in [0, 0.05) is 24.8 Å². The normalized spacial score (nSPS) is 15.4. The van der Waals surface area contributed by atoms with Gasteiger partial charge < -0.3 is 16.0 Å². The van der Waals surface area contributed by atoms with Crippen LogP contribution in [-0.4, -0.2) is 23.5 Å². The minimum atomic E-state index is 0.0183. The number of hydrogen-bond acceptors (Lipinski definition) is 2. The molecule has 2 amide bonds. The molecular formula is C17H27N3O. The number of anilines is 1. The summed E-state index contributed by atoms with van der Waals surface area (Å²) in [6.07, 6.45) is 4.72. The summed E-state index contributed by atoms with van der Waals surface area (Å²) in [5, 5.41) is 3.03. The average molecular weight is 289 g/mol. The Balaban J connectivity index is 2.06. The van der Waals surface area contributed by atoms with Crippen molar-refractivity contribution in [2.24, 2.45) is 11.7 Å². The largest absolute Gasteiger partial charge is 0.326 e. The Hall–Kier alpha value is -1.55. The third kappa shape index (κ3) is 4.46. The maximum absolute atomic E-state index is 12.6. The van der Waals surface area contributed by atoms with Gasteiger partial charge in [-0.15, -0.1) is 0 Å². The number of rotatable bonds is 5. The van der Waals surface area contributed by atoms with Gasteiger partial charge in [0.05, 0.1) is 0 Å². The number of nitrogens with two attached hydrogens (primary N) is 1. The molecule has 1 saturated carbocycles. The number of nitrogens with one attached hydrogen (secondary N) is 1. The fourth-order valence-electron chi connectivity index (χ4n) is 2.98. The van der Waals surface area contributed by atoms with Gasteiger partial charge in [-0.3, -0.25) is 0 Å². The molecule has 0 atom stereocenters. The molecule has 0 heterocycles. The van der Waals surface area contributed by atoms with E-state index in [1.54, 1.807) is 0 Å². The van der Waals surface area contributed by atoms with Gasteiger partial charge in [0.25, 0.3) is 0 Å². The molecule has 116 valence electrons. The first kappa shape index (κ1) is 15.8. The molecule has 0 radical (unpaired) electrons. The summed E-state index contributed by atoms with van der Waals surface area (Å²) in [4.78, 5) is 14.6. The van der Waals surface area contributed by atoms with E-state index in [4.69, 9.17) is 5.73 Å². The van der Waals surface area contributed by atoms with Crippen molar-refractivity contribution in [3.05, 3.63) is 29.8 Å². The van der Waals surface area contributed by atoms with E-state index in [1.807, 2.05) is 29.2 Å². The zero-order chi connectivity index (χ0) is 15.2. The van der Waals surface area contributed by atoms with Crippen LogP contribution in [0.4, 0.5) is 10.5 Å². The molecule has 21 heavy (non-hydrogen) atoms. The molecule has 0 aliphatic heterocycles. The van der Waals surface area contributed by atoms with E-state index in [0.717, 1.165) is 30.6 Å². The second-order valence-electron chi connectivity index (χ2n) is 6.32. The number of carbonyl (C=O) groups is 1. The van der Waals surface area contributed by atoms with Gasteiger partial charge in [-0.2, -0.15) is 0 Å². The molecule has 1 aliphatic carbocycles. The highest BCUT2D eigenvalue weighted by molar-refractivity contribution is 5.89. The Kier molecular flexibility index (Phi) is 5.62. The second kappa shape index (κ2) is 7.46. The lowest BCUT2D eigenvalue weighted by Gasteiger charge is -2.30. The van der Waals surface area contributed by atoms with Crippen LogP contribution in [0.1, 0.15) is 45.1 Å². The van der Waals surface area contributed by atoms with Crippen molar-refractivity contribution < 1.29 is 4.79 Å². The summed E-state index contributed by atoms with van der Waals surface area (Å²) in [6.45, 7) is 5.61. The minimum absolute atomic E-state index is 0.0183. The van der Waals surface area contributed by atoms with Crippen molar-refractivity contribution in [2.75, 3.05) is 11.9 Å². The highest BCUT2D eigenvalue weighted by Crippen LogP contribution is 2.25. The Morgan fingerprint density at radius 2 is 2.10 bits per heavy atom. The molecule has 1 aromatic rings. The van der Waals surface area contributed by atoms with Crippen LogP contribution in [0.15, 0.2) is 24.3 Å². The highest BCUT2D eigenvalue weighted by atomic mass is 16.2. The lowest BCUT2D eigenvalue weighted by molar-refractivity contribution is 0.179. The number of urea groups is 1. The van der Waals surface area contributed by atoms with E-state index in [1.165, 1.54) is 12.8 Å². The molecule has 4 nitrogen and oxygen atoms in total. The van der Waals surface area contributed by atoms with E-state index in [9.17, 15) is 4.79 Å². The Bertz CT molecular complexity index is 467. The average Bonchev–Trinajstić information content (AvgIpc) is 2.98. The zero-order valence-electron chi connectivity index (χ0n) is 13.1. The van der Waals surface area contributed by atoms with Crippen LogP contribution in [0.2, 0.25) is 0 Å². The number of amides is 2. The standard InChI is InChI=1S/C17H27N3O/c1-13(2)12-20(16-8-3-4-9-16)17(21)19-15-7-5-6-14(10-15)11-18/h5-7,10,13,16H,3-4,8-9,11-12,18H2,1-2H3,(H,19,21). The number of benzene rings is 1. The molecule has 1 aliphatic rings. The predicted octanol–water partition coefficient (Wildman–Crippen LogP) is 3.58. The summed E-state index contributed by atoms with van der Waals surface area (Å²) >= 11 is 0. The Morgan fingerprint density at radius 1 is 1.38 bits per heavy atom. The minimum Gasteiger partial charge on any atom is -0.326 e. The molecule has 0 spiro atoms. The zero-order valence-corrected chi connectivity index (χ0v) is 13.1. The first-order valence-corrected chi connectivity index (χ1v) is 7.96. The molecule has 0 unspecified atom stereocenters. The van der Waals surface area contributed by atoms with Crippen molar-refractivity contribution >= 4 is 11.7 Å². The Labute approximate surface area is 127 Å². The van der Waals surface area contributed by atoms with Crippen LogP contribution < -0.4 is 11.1 Å². The van der Waals surface area contributed by atoms with E-state index in [-0.39, 0.29) is 6.03 Å². The smallest absolute Gasteiger partial charge is 0.322 e. The van der Waals surface area contributed by atoms with Crippen LogP contribution in [-0.2, 0) is 6.54 Å². The molecule has 1 fully saturated rings. The van der Waals surface area contributed by atoms with Gasteiger partial charge >= 0.3 is 6.03 Å². The molecule has 3 N–H and O–H groups in total. The maximum atomic E-state index is 12.6. The van der Waals surface area contributed by atoms with Crippen molar-refractivity contribution in [1.29, 1.82) is 0 Å². The van der Waals surface area contributed by atoms with Gasteiger partial charge in [0.15, 0.2) is 0 Å². The van der Waals surface area contributed by atoms with Crippen molar-refractivity contribution in [1.82, 2.24) is 4.90 Å². The second-order valence-corrected chi connectivity index (χ2v) is 6.32. The summed E-state index contributed by atoms with van der Waals surface area (Å²) < 4.78 is 0. The molecule has 4 heteroatoms. The first-order chi connectivity index (χ1) is 10.1. The predicted molar refractivity (Wildman–Crippen MR) is 87.2 cm³/mol. The van der Waals surface area contributed by atoms with Gasteiger partial charge in [0.2, 0.25) is 0 Å². The van der Waals surface area contributed by atoms with Crippen LogP contribution >= 0.6 is 0 Å². The fraction of sp³-hybridized carbons (Fsp3) is 0.588. The summed E-state index contributed by atoms with van der Waals surface area (Å²) in [5.74, 6) is 0.478. The Morgan fingerprint density at radius 3 is 2.71 bits per heavy atom. The molecule has 1 aromatic carbocycles. The van der Waals surface area contributed by atoms with Crippen LogP contribution in [0.25, 0.3) is 0 Å². The van der Waals surface area contributed by atoms with Crippen LogP contribution in [0, 0.1) is 5.92 Å². The van der Waals surface area contributed by atoms with E-state index in [0.29, 0.717) is 18.5 Å². The van der Waals surface area contributed by atoms with Crippen molar-refractivity contribution in [2.45, 2.75) is 52.1 Å². The number of carbonyl (C=O) groups excluding carboxylic acids is 1. The van der Waals surface area contributed by atoms with E-state index < -0.39 is 0 Å².